The van der Waals surface area contributed by atoms with Gasteiger partial charge in [-0.1, -0.05) is 12.1 Å². The number of para-hydroxylation sites is 2. The Morgan fingerprint density at radius 3 is 2.52 bits per heavy atom. The zero-order valence-electron chi connectivity index (χ0n) is 22.4. The number of nitrogens with one attached hydrogen (secondary N) is 2. The minimum absolute atomic E-state index is 0.0578. The second-order valence-corrected chi connectivity index (χ2v) is 10.7. The number of carbonyl (C=O) groups is 1. The van der Waals surface area contributed by atoms with E-state index in [-0.39, 0.29) is 23.9 Å². The first-order valence-corrected chi connectivity index (χ1v) is 14.2. The fourth-order valence-electron chi connectivity index (χ4n) is 5.54. The predicted octanol–water partition coefficient (Wildman–Crippen LogP) is 3.54. The summed E-state index contributed by atoms with van der Waals surface area (Å²) in [5, 5.41) is 6.44. The first-order valence-electron chi connectivity index (χ1n) is 14.2. The third-order valence-electron chi connectivity index (χ3n) is 7.97. The lowest BCUT2D eigenvalue weighted by Gasteiger charge is -2.31. The van der Waals surface area contributed by atoms with Crippen molar-refractivity contribution in [2.45, 2.75) is 69.6 Å². The summed E-state index contributed by atoms with van der Waals surface area (Å²) in [6.45, 7) is 2.60. The molecule has 10 nitrogen and oxygen atoms in total. The van der Waals surface area contributed by atoms with E-state index in [1.807, 2.05) is 4.90 Å². The molecule has 3 aliphatic rings. The number of ether oxygens (including phenoxy) is 2. The number of carbonyl (C=O) groups excluding carboxylic acids is 1. The van der Waals surface area contributed by atoms with Crippen molar-refractivity contribution < 1.29 is 23.0 Å². The van der Waals surface area contributed by atoms with Gasteiger partial charge in [0.1, 0.15) is 11.9 Å². The maximum absolute atomic E-state index is 14.1. The number of nitrogens with zero attached hydrogens (tertiary/aromatic N) is 5. The fourth-order valence-corrected chi connectivity index (χ4v) is 5.54. The van der Waals surface area contributed by atoms with Crippen molar-refractivity contribution >= 4 is 22.9 Å². The summed E-state index contributed by atoms with van der Waals surface area (Å²) in [6.07, 6.45) is 3.83. The lowest BCUT2D eigenvalue weighted by atomic mass is 9.92. The van der Waals surface area contributed by atoms with Gasteiger partial charge in [-0.05, 0) is 57.1 Å². The number of imidazole rings is 1. The number of benzene rings is 1. The molecule has 3 heterocycles. The van der Waals surface area contributed by atoms with Gasteiger partial charge in [0.2, 0.25) is 17.7 Å². The minimum Gasteiger partial charge on any atom is -0.474 e. The summed E-state index contributed by atoms with van der Waals surface area (Å²) in [6, 6.07) is 9.25. The second-order valence-electron chi connectivity index (χ2n) is 10.7. The van der Waals surface area contributed by atoms with E-state index in [1.165, 1.54) is 11.0 Å². The quantitative estimate of drug-likeness (QED) is 0.413. The Morgan fingerprint density at radius 1 is 1.02 bits per heavy atom. The summed E-state index contributed by atoms with van der Waals surface area (Å²) in [4.78, 5) is 27.7. The second kappa shape index (κ2) is 12.0. The van der Waals surface area contributed by atoms with Crippen LogP contribution < -0.4 is 20.3 Å². The van der Waals surface area contributed by atoms with Crippen LogP contribution in [0.2, 0.25) is 0 Å². The van der Waals surface area contributed by atoms with Crippen LogP contribution in [0.25, 0.3) is 16.9 Å². The first-order chi connectivity index (χ1) is 19.5. The molecule has 40 heavy (non-hydrogen) atoms. The van der Waals surface area contributed by atoms with E-state index < -0.39 is 6.43 Å². The van der Waals surface area contributed by atoms with Gasteiger partial charge in [-0.15, -0.1) is 0 Å². The zero-order chi connectivity index (χ0) is 27.5. The first kappa shape index (κ1) is 26.8. The van der Waals surface area contributed by atoms with Gasteiger partial charge in [-0.25, -0.2) is 13.8 Å². The third-order valence-corrected chi connectivity index (χ3v) is 7.97. The number of fused-ring (bicyclic) bond motifs is 1. The average molecular weight is 556 g/mol. The van der Waals surface area contributed by atoms with Gasteiger partial charge in [-0.2, -0.15) is 9.97 Å². The molecule has 2 saturated carbocycles. The third kappa shape index (κ3) is 6.02. The Hall–Kier alpha value is -3.38. The highest BCUT2D eigenvalue weighted by atomic mass is 19.3. The molecule has 1 saturated heterocycles. The summed E-state index contributed by atoms with van der Waals surface area (Å²) in [5.41, 5.74) is 1.02. The molecular weight excluding hydrogens is 520 g/mol. The molecule has 0 unspecified atom stereocenters. The summed E-state index contributed by atoms with van der Waals surface area (Å²) < 4.78 is 41.4. The van der Waals surface area contributed by atoms with Crippen molar-refractivity contribution in [2.24, 2.45) is 0 Å². The van der Waals surface area contributed by atoms with Gasteiger partial charge in [0.15, 0.2) is 5.82 Å². The molecule has 214 valence electrons. The van der Waals surface area contributed by atoms with E-state index in [0.717, 1.165) is 38.5 Å². The van der Waals surface area contributed by atoms with Gasteiger partial charge in [0.05, 0.1) is 30.8 Å². The molecule has 0 spiro atoms. The molecule has 12 heteroatoms. The SMILES string of the molecule is O=C(CN[C@H]1CC[C@H](Oc2cc(-n3c(C(F)F)nc4ccccc43)nc(N3CCOCC3)n2)CC1)NC1CCC1. The molecule has 0 atom stereocenters. The number of hydrogen-bond donors (Lipinski definition) is 2. The monoisotopic (exact) mass is 555 g/mol. The van der Waals surface area contributed by atoms with Gasteiger partial charge < -0.3 is 25.0 Å². The average Bonchev–Trinajstić information content (AvgIpc) is 3.35. The molecule has 0 bridgehead atoms. The van der Waals surface area contributed by atoms with Gasteiger partial charge >= 0.3 is 0 Å². The zero-order valence-corrected chi connectivity index (χ0v) is 22.4. The number of morpholine rings is 1. The normalized spacial score (nSPS) is 21.9. The van der Waals surface area contributed by atoms with Crippen molar-refractivity contribution in [1.29, 1.82) is 0 Å². The highest BCUT2D eigenvalue weighted by Crippen LogP contribution is 2.31. The Bertz CT molecular complexity index is 1320. The molecule has 0 radical (unpaired) electrons. The number of hydrogen-bond acceptors (Lipinski definition) is 8. The fraction of sp³-hybridized carbons (Fsp3) is 0.571. The van der Waals surface area contributed by atoms with Crippen molar-refractivity contribution in [3.63, 3.8) is 0 Å². The highest BCUT2D eigenvalue weighted by molar-refractivity contribution is 5.78. The summed E-state index contributed by atoms with van der Waals surface area (Å²) in [5.74, 6) is 0.750. The Labute approximate surface area is 231 Å². The number of halogens is 2. The highest BCUT2D eigenvalue weighted by Gasteiger charge is 2.27. The van der Waals surface area contributed by atoms with Crippen molar-refractivity contribution in [2.75, 3.05) is 37.7 Å². The van der Waals surface area contributed by atoms with Gasteiger partial charge in [0, 0.05) is 31.2 Å². The number of alkyl halides is 2. The maximum atomic E-state index is 14.1. The van der Waals surface area contributed by atoms with Crippen molar-refractivity contribution in [1.82, 2.24) is 30.2 Å². The smallest absolute Gasteiger partial charge is 0.296 e. The van der Waals surface area contributed by atoms with E-state index in [9.17, 15) is 13.6 Å². The topological polar surface area (TPSA) is 106 Å². The van der Waals surface area contributed by atoms with Crippen LogP contribution >= 0.6 is 0 Å². The van der Waals surface area contributed by atoms with Crippen molar-refractivity contribution in [3.05, 3.63) is 36.2 Å². The lowest BCUT2D eigenvalue weighted by Crippen LogP contribution is -2.46. The van der Waals surface area contributed by atoms with Crippen LogP contribution in [0.15, 0.2) is 30.3 Å². The molecule has 1 aliphatic heterocycles. The van der Waals surface area contributed by atoms with Gasteiger partial charge in [0.25, 0.3) is 6.43 Å². The van der Waals surface area contributed by atoms with E-state index in [4.69, 9.17) is 14.5 Å². The summed E-state index contributed by atoms with van der Waals surface area (Å²) >= 11 is 0. The molecule has 2 aromatic heterocycles. The van der Waals surface area contributed by atoms with E-state index in [2.05, 4.69) is 20.6 Å². The number of aromatic nitrogens is 4. The van der Waals surface area contributed by atoms with Crippen LogP contribution in [-0.2, 0) is 9.53 Å². The van der Waals surface area contributed by atoms with E-state index >= 15 is 0 Å². The molecule has 1 aromatic carbocycles. The molecule has 6 rings (SSSR count). The van der Waals surface area contributed by atoms with E-state index in [1.54, 1.807) is 30.3 Å². The predicted molar refractivity (Wildman–Crippen MR) is 145 cm³/mol. The molecule has 3 fully saturated rings. The largest absolute Gasteiger partial charge is 0.474 e. The Balaban J connectivity index is 1.18. The number of anilines is 1. The van der Waals surface area contributed by atoms with Crippen molar-refractivity contribution in [3.8, 4) is 11.7 Å². The van der Waals surface area contributed by atoms with E-state index in [0.29, 0.717) is 67.6 Å². The molecule has 2 N–H and O–H groups in total. The maximum Gasteiger partial charge on any atom is 0.296 e. The lowest BCUT2D eigenvalue weighted by molar-refractivity contribution is -0.121. The van der Waals surface area contributed by atoms with Crippen LogP contribution in [0, 0.1) is 0 Å². The standard InChI is InChI=1S/C28H35F2N7O3/c29-26(30)27-33-21-6-1-2-7-22(21)37(27)23-16-25(35-28(34-23)36-12-14-39-15-13-36)40-20-10-8-18(9-11-20)31-17-24(38)32-19-4-3-5-19/h1-2,6-7,16,18-20,26,31H,3-5,8-15,17H2,(H,32,38)/t18-,20-. The minimum atomic E-state index is -2.78. The van der Waals surface area contributed by atoms with Crippen LogP contribution in [-0.4, -0.2) is 76.5 Å². The molecule has 1 amide bonds. The Morgan fingerprint density at radius 2 is 1.80 bits per heavy atom. The van der Waals surface area contributed by atoms with Crippen LogP contribution in [0.3, 0.4) is 0 Å². The van der Waals surface area contributed by atoms with Crippen LogP contribution in [0.1, 0.15) is 57.2 Å². The molecule has 3 aromatic rings. The van der Waals surface area contributed by atoms with Crippen LogP contribution in [0.4, 0.5) is 14.7 Å². The van der Waals surface area contributed by atoms with Gasteiger partial charge in [-0.3, -0.25) is 9.36 Å². The Kier molecular flexibility index (Phi) is 8.05. The molecular formula is C28H35F2N7O3. The number of amides is 1. The molecule has 2 aliphatic carbocycles. The number of rotatable bonds is 9. The van der Waals surface area contributed by atoms with Crippen LogP contribution in [0.5, 0.6) is 5.88 Å². The summed E-state index contributed by atoms with van der Waals surface area (Å²) in [7, 11) is 0.